The largest absolute Gasteiger partial charge is 0.382 e. The van der Waals surface area contributed by atoms with E-state index in [0.717, 1.165) is 13.0 Å². The van der Waals surface area contributed by atoms with Gasteiger partial charge in [-0.1, -0.05) is 17.7 Å². The summed E-state index contributed by atoms with van der Waals surface area (Å²) in [5.41, 5.74) is 0.613. The van der Waals surface area contributed by atoms with E-state index in [1.807, 2.05) is 0 Å². The Labute approximate surface area is 131 Å². The Morgan fingerprint density at radius 3 is 2.67 bits per heavy atom. The van der Waals surface area contributed by atoms with Gasteiger partial charge in [-0.2, -0.15) is 0 Å². The lowest BCUT2D eigenvalue weighted by atomic mass is 10.2. The number of ether oxygens (including phenoxy) is 2. The van der Waals surface area contributed by atoms with E-state index in [9.17, 15) is 8.42 Å². The van der Waals surface area contributed by atoms with Gasteiger partial charge in [0.1, 0.15) is 0 Å². The van der Waals surface area contributed by atoms with Gasteiger partial charge in [0.15, 0.2) is 9.84 Å². The van der Waals surface area contributed by atoms with Crippen molar-refractivity contribution in [1.29, 1.82) is 0 Å². The van der Waals surface area contributed by atoms with Crippen LogP contribution >= 0.6 is 11.6 Å². The Hall–Kier alpha value is -0.660. The number of rotatable bonds is 10. The topological polar surface area (TPSA) is 64.6 Å². The highest BCUT2D eigenvalue weighted by atomic mass is 35.5. The predicted molar refractivity (Wildman–Crippen MR) is 83.6 cm³/mol. The van der Waals surface area contributed by atoms with Crippen molar-refractivity contribution in [1.82, 2.24) is 5.32 Å². The van der Waals surface area contributed by atoms with Gasteiger partial charge < -0.3 is 14.8 Å². The summed E-state index contributed by atoms with van der Waals surface area (Å²) in [6.45, 7) is 2.95. The van der Waals surface area contributed by atoms with E-state index in [4.69, 9.17) is 21.1 Å². The minimum atomic E-state index is -3.28. The van der Waals surface area contributed by atoms with E-state index in [1.165, 1.54) is 6.26 Å². The first-order chi connectivity index (χ1) is 9.96. The van der Waals surface area contributed by atoms with Crippen LogP contribution in [0.5, 0.6) is 0 Å². The molecular formula is C14H22ClNO4S. The third-order valence-corrected chi connectivity index (χ3v) is 4.39. The molecule has 21 heavy (non-hydrogen) atoms. The highest BCUT2D eigenvalue weighted by Crippen LogP contribution is 2.23. The van der Waals surface area contributed by atoms with Crippen molar-refractivity contribution in [2.45, 2.75) is 17.9 Å². The van der Waals surface area contributed by atoms with Gasteiger partial charge in [-0.05, 0) is 25.1 Å². The number of methoxy groups -OCH3 is 1. The third kappa shape index (κ3) is 6.76. The number of halogens is 1. The molecule has 0 heterocycles. The van der Waals surface area contributed by atoms with Crippen molar-refractivity contribution in [3.05, 3.63) is 28.8 Å². The maximum absolute atomic E-state index is 11.7. The zero-order chi connectivity index (χ0) is 15.7. The van der Waals surface area contributed by atoms with E-state index in [-0.39, 0.29) is 4.90 Å². The average molecular weight is 336 g/mol. The second kappa shape index (κ2) is 9.38. The Balaban J connectivity index is 2.42. The van der Waals surface area contributed by atoms with Crippen LogP contribution in [0.1, 0.15) is 12.0 Å². The van der Waals surface area contributed by atoms with Gasteiger partial charge in [-0.25, -0.2) is 8.42 Å². The first-order valence-electron chi connectivity index (χ1n) is 6.71. The lowest BCUT2D eigenvalue weighted by molar-refractivity contribution is 0.0694. The van der Waals surface area contributed by atoms with Gasteiger partial charge in [-0.3, -0.25) is 0 Å². The molecule has 0 aliphatic rings. The van der Waals surface area contributed by atoms with Crippen LogP contribution < -0.4 is 5.32 Å². The summed E-state index contributed by atoms with van der Waals surface area (Å²) in [7, 11) is -1.64. The Morgan fingerprint density at radius 2 is 2.00 bits per heavy atom. The maximum atomic E-state index is 11.7. The Kier molecular flexibility index (Phi) is 8.21. The zero-order valence-corrected chi connectivity index (χ0v) is 14.0. The summed E-state index contributed by atoms with van der Waals surface area (Å²) < 4.78 is 33.7. The molecular weight excluding hydrogens is 314 g/mol. The molecule has 5 nitrogen and oxygen atoms in total. The number of hydrogen-bond acceptors (Lipinski definition) is 5. The third-order valence-electron chi connectivity index (χ3n) is 2.85. The van der Waals surface area contributed by atoms with Crippen LogP contribution in [0, 0.1) is 0 Å². The van der Waals surface area contributed by atoms with Crippen molar-refractivity contribution in [3.8, 4) is 0 Å². The minimum Gasteiger partial charge on any atom is -0.382 e. The summed E-state index contributed by atoms with van der Waals surface area (Å²) in [5, 5.41) is 3.65. The standard InChI is InChI=1S/C14H22ClNO4S/c1-19-9-10-20-8-4-7-16-11-12-13(15)5-3-6-14(12)21(2,17)18/h3,5-6,16H,4,7-11H2,1-2H3. The van der Waals surface area contributed by atoms with E-state index in [2.05, 4.69) is 5.32 Å². The number of hydrogen-bond donors (Lipinski definition) is 1. The summed E-state index contributed by atoms with van der Waals surface area (Å²) in [6, 6.07) is 4.92. The highest BCUT2D eigenvalue weighted by molar-refractivity contribution is 7.90. The van der Waals surface area contributed by atoms with Gasteiger partial charge in [0, 0.05) is 37.1 Å². The zero-order valence-electron chi connectivity index (χ0n) is 12.4. The number of benzene rings is 1. The van der Waals surface area contributed by atoms with Crippen molar-refractivity contribution >= 4 is 21.4 Å². The fourth-order valence-corrected chi connectivity index (χ4v) is 3.07. The van der Waals surface area contributed by atoms with Crippen LogP contribution in [0.2, 0.25) is 5.02 Å². The van der Waals surface area contributed by atoms with Crippen molar-refractivity contribution in [2.75, 3.05) is 39.7 Å². The molecule has 0 radical (unpaired) electrons. The number of nitrogens with one attached hydrogen (secondary N) is 1. The lowest BCUT2D eigenvalue weighted by Gasteiger charge is -2.11. The first kappa shape index (κ1) is 18.4. The van der Waals surface area contributed by atoms with Gasteiger partial charge in [-0.15, -0.1) is 0 Å². The molecule has 0 amide bonds. The summed E-state index contributed by atoms with van der Waals surface area (Å²) in [6.07, 6.45) is 2.02. The smallest absolute Gasteiger partial charge is 0.175 e. The molecule has 0 aromatic heterocycles. The molecule has 0 saturated carbocycles. The minimum absolute atomic E-state index is 0.277. The second-order valence-corrected chi connectivity index (χ2v) is 7.02. The normalized spacial score (nSPS) is 11.8. The first-order valence-corrected chi connectivity index (χ1v) is 8.98. The van der Waals surface area contributed by atoms with Crippen molar-refractivity contribution in [2.24, 2.45) is 0 Å². The maximum Gasteiger partial charge on any atom is 0.175 e. The van der Waals surface area contributed by atoms with Gasteiger partial charge in [0.25, 0.3) is 0 Å². The Bertz CT molecular complexity index is 534. The molecule has 0 atom stereocenters. The summed E-state index contributed by atoms with van der Waals surface area (Å²) in [4.78, 5) is 0.277. The molecule has 0 bridgehead atoms. The lowest BCUT2D eigenvalue weighted by Crippen LogP contribution is -2.19. The molecule has 1 aromatic rings. The SMILES string of the molecule is COCCOCCCNCc1c(Cl)cccc1S(C)(=O)=O. The van der Waals surface area contributed by atoms with Crippen LogP contribution in [0.4, 0.5) is 0 Å². The van der Waals surface area contributed by atoms with Crippen molar-refractivity contribution in [3.63, 3.8) is 0 Å². The van der Waals surface area contributed by atoms with Crippen LogP contribution in [-0.4, -0.2) is 48.1 Å². The molecule has 0 fully saturated rings. The fraction of sp³-hybridized carbons (Fsp3) is 0.571. The molecule has 1 aromatic carbocycles. The predicted octanol–water partition coefficient (Wildman–Crippen LogP) is 1.89. The van der Waals surface area contributed by atoms with E-state index in [0.29, 0.717) is 37.0 Å². The molecule has 0 spiro atoms. The quantitative estimate of drug-likeness (QED) is 0.661. The highest BCUT2D eigenvalue weighted by Gasteiger charge is 2.15. The van der Waals surface area contributed by atoms with Gasteiger partial charge in [0.05, 0.1) is 18.1 Å². The monoisotopic (exact) mass is 335 g/mol. The van der Waals surface area contributed by atoms with E-state index >= 15 is 0 Å². The molecule has 1 rings (SSSR count). The summed E-state index contributed by atoms with van der Waals surface area (Å²) in [5.74, 6) is 0. The molecule has 120 valence electrons. The molecule has 0 unspecified atom stereocenters. The fourth-order valence-electron chi connectivity index (χ4n) is 1.81. The van der Waals surface area contributed by atoms with Crippen LogP contribution in [0.25, 0.3) is 0 Å². The van der Waals surface area contributed by atoms with Crippen LogP contribution in [-0.2, 0) is 25.9 Å². The van der Waals surface area contributed by atoms with E-state index < -0.39 is 9.84 Å². The van der Waals surface area contributed by atoms with Gasteiger partial charge >= 0.3 is 0 Å². The molecule has 0 aliphatic heterocycles. The average Bonchev–Trinajstić information content (AvgIpc) is 2.42. The van der Waals surface area contributed by atoms with E-state index in [1.54, 1.807) is 25.3 Å². The summed E-state index contributed by atoms with van der Waals surface area (Å²) >= 11 is 6.09. The van der Waals surface area contributed by atoms with Crippen LogP contribution in [0.15, 0.2) is 23.1 Å². The molecule has 0 saturated heterocycles. The van der Waals surface area contributed by atoms with Crippen molar-refractivity contribution < 1.29 is 17.9 Å². The molecule has 0 aliphatic carbocycles. The van der Waals surface area contributed by atoms with Gasteiger partial charge in [0.2, 0.25) is 0 Å². The molecule has 1 N–H and O–H groups in total. The Morgan fingerprint density at radius 1 is 1.24 bits per heavy atom. The molecule has 7 heteroatoms. The number of sulfone groups is 1. The second-order valence-electron chi connectivity index (χ2n) is 4.62. The van der Waals surface area contributed by atoms with Crippen LogP contribution in [0.3, 0.4) is 0 Å².